The molecule has 0 heterocycles. The number of amides is 2. The summed E-state index contributed by atoms with van der Waals surface area (Å²) in [7, 11) is 0. The molecule has 7 heteroatoms. The first-order chi connectivity index (χ1) is 17.4. The van der Waals surface area contributed by atoms with Crippen molar-refractivity contribution in [3.63, 3.8) is 0 Å². The summed E-state index contributed by atoms with van der Waals surface area (Å²) in [6.07, 6.45) is 1.01. The monoisotopic (exact) mass is 487 g/mol. The normalized spacial score (nSPS) is 11.7. The number of carbonyl (C=O) groups is 2. The van der Waals surface area contributed by atoms with Gasteiger partial charge in [-0.05, 0) is 79.8 Å². The highest BCUT2D eigenvalue weighted by Gasteiger charge is 2.18. The second-order valence-corrected chi connectivity index (χ2v) is 8.56. The molecule has 0 aliphatic carbocycles. The molecule has 0 saturated carbocycles. The van der Waals surface area contributed by atoms with Gasteiger partial charge in [0.25, 0.3) is 0 Å². The van der Waals surface area contributed by atoms with Crippen molar-refractivity contribution in [2.24, 2.45) is 5.10 Å². The summed E-state index contributed by atoms with van der Waals surface area (Å²) in [5, 5.41) is 6.77. The Balaban J connectivity index is 1.53. The van der Waals surface area contributed by atoms with E-state index in [9.17, 15) is 9.59 Å². The maximum atomic E-state index is 12.5. The molecule has 7 nitrogen and oxygen atoms in total. The van der Waals surface area contributed by atoms with Gasteiger partial charge in [-0.1, -0.05) is 48.0 Å². The van der Waals surface area contributed by atoms with Crippen molar-refractivity contribution in [2.45, 2.75) is 46.8 Å². The van der Waals surface area contributed by atoms with E-state index in [0.717, 1.165) is 16.9 Å². The van der Waals surface area contributed by atoms with Crippen LogP contribution in [-0.2, 0) is 16.1 Å². The number of benzene rings is 3. The number of aryl methyl sites for hydroxylation is 3. The highest BCUT2D eigenvalue weighted by Crippen LogP contribution is 2.20. The van der Waals surface area contributed by atoms with Crippen LogP contribution in [0.25, 0.3) is 0 Å². The van der Waals surface area contributed by atoms with Crippen molar-refractivity contribution in [3.8, 4) is 5.75 Å². The van der Waals surface area contributed by atoms with E-state index < -0.39 is 12.1 Å². The van der Waals surface area contributed by atoms with Crippen molar-refractivity contribution >= 4 is 18.2 Å². The van der Waals surface area contributed by atoms with Crippen LogP contribution in [0.3, 0.4) is 0 Å². The summed E-state index contributed by atoms with van der Waals surface area (Å²) < 4.78 is 10.9. The standard InChI is InChI=1S/C29H33N3O4/c1-5-35-29(34)31-27(24-9-7-6-8-10-24)17-28(33)32-30-18-23-11-13-25(14-12-23)36-19-26-21(3)15-20(2)16-22(26)4/h6-16,18,27H,5,17,19H2,1-4H3,(H,31,34)(H,32,33)/b30-18-/t27-/m0/s1. The number of hydrogen-bond acceptors (Lipinski definition) is 5. The predicted octanol–water partition coefficient (Wildman–Crippen LogP) is 5.52. The second-order valence-electron chi connectivity index (χ2n) is 8.56. The fraction of sp³-hybridized carbons (Fsp3) is 0.276. The molecule has 0 radical (unpaired) electrons. The second kappa shape index (κ2) is 13.1. The number of ether oxygens (including phenoxy) is 2. The van der Waals surface area contributed by atoms with Gasteiger partial charge in [-0.25, -0.2) is 10.2 Å². The average Bonchev–Trinajstić information content (AvgIpc) is 2.84. The minimum absolute atomic E-state index is 0.0186. The first-order valence-corrected chi connectivity index (χ1v) is 12.0. The van der Waals surface area contributed by atoms with Gasteiger partial charge < -0.3 is 14.8 Å². The molecular weight excluding hydrogens is 454 g/mol. The Morgan fingerprint density at radius 1 is 0.972 bits per heavy atom. The minimum atomic E-state index is -0.572. The van der Waals surface area contributed by atoms with Gasteiger partial charge in [0.1, 0.15) is 12.4 Å². The third-order valence-electron chi connectivity index (χ3n) is 5.67. The van der Waals surface area contributed by atoms with E-state index >= 15 is 0 Å². The van der Waals surface area contributed by atoms with Crippen LogP contribution in [-0.4, -0.2) is 24.8 Å². The van der Waals surface area contributed by atoms with E-state index in [-0.39, 0.29) is 18.9 Å². The minimum Gasteiger partial charge on any atom is -0.489 e. The lowest BCUT2D eigenvalue weighted by Crippen LogP contribution is -2.33. The van der Waals surface area contributed by atoms with E-state index in [2.05, 4.69) is 48.7 Å². The van der Waals surface area contributed by atoms with E-state index in [0.29, 0.717) is 6.61 Å². The van der Waals surface area contributed by atoms with E-state index in [1.54, 1.807) is 13.1 Å². The number of rotatable bonds is 10. The molecule has 2 N–H and O–H groups in total. The van der Waals surface area contributed by atoms with Crippen LogP contribution in [0.4, 0.5) is 4.79 Å². The third-order valence-corrected chi connectivity index (χ3v) is 5.67. The highest BCUT2D eigenvalue weighted by atomic mass is 16.5. The smallest absolute Gasteiger partial charge is 0.407 e. The Kier molecular flexibility index (Phi) is 9.63. The Hall–Kier alpha value is -4.13. The van der Waals surface area contributed by atoms with Crippen LogP contribution in [0.2, 0.25) is 0 Å². The molecule has 0 spiro atoms. The molecule has 0 aliphatic rings. The van der Waals surface area contributed by atoms with Crippen LogP contribution in [0.5, 0.6) is 5.75 Å². The molecule has 3 aromatic rings. The van der Waals surface area contributed by atoms with Gasteiger partial charge in [-0.3, -0.25) is 4.79 Å². The number of nitrogens with one attached hydrogen (secondary N) is 2. The van der Waals surface area contributed by atoms with Crippen molar-refractivity contribution in [1.29, 1.82) is 0 Å². The first kappa shape index (κ1) is 26.5. The predicted molar refractivity (Wildman–Crippen MR) is 141 cm³/mol. The average molecular weight is 488 g/mol. The zero-order valence-electron chi connectivity index (χ0n) is 21.2. The van der Waals surface area contributed by atoms with E-state index in [1.165, 1.54) is 22.3 Å². The van der Waals surface area contributed by atoms with Crippen molar-refractivity contribution < 1.29 is 19.1 Å². The molecule has 0 saturated heterocycles. The van der Waals surface area contributed by atoms with Gasteiger partial charge in [0.2, 0.25) is 5.91 Å². The number of alkyl carbamates (subject to hydrolysis) is 1. The Labute approximate surface area is 212 Å². The summed E-state index contributed by atoms with van der Waals surface area (Å²) in [4.78, 5) is 24.4. The molecule has 0 unspecified atom stereocenters. The summed E-state index contributed by atoms with van der Waals surface area (Å²) in [6.45, 7) is 8.77. The lowest BCUT2D eigenvalue weighted by Gasteiger charge is -2.18. The maximum Gasteiger partial charge on any atom is 0.407 e. The summed E-state index contributed by atoms with van der Waals surface area (Å²) >= 11 is 0. The van der Waals surface area contributed by atoms with Gasteiger partial charge in [0.05, 0.1) is 25.3 Å². The Morgan fingerprint density at radius 3 is 2.28 bits per heavy atom. The van der Waals surface area contributed by atoms with Crippen molar-refractivity contribution in [2.75, 3.05) is 6.61 Å². The third kappa shape index (κ3) is 7.98. The van der Waals surface area contributed by atoms with Crippen molar-refractivity contribution in [3.05, 3.63) is 100 Å². The fourth-order valence-electron chi connectivity index (χ4n) is 3.91. The van der Waals surface area contributed by atoms with Crippen LogP contribution in [0.15, 0.2) is 71.8 Å². The molecule has 3 aromatic carbocycles. The maximum absolute atomic E-state index is 12.5. The molecule has 0 fully saturated rings. The fourth-order valence-corrected chi connectivity index (χ4v) is 3.91. The highest BCUT2D eigenvalue weighted by molar-refractivity contribution is 5.83. The number of hydrazone groups is 1. The lowest BCUT2D eigenvalue weighted by molar-refractivity contribution is -0.121. The zero-order valence-corrected chi connectivity index (χ0v) is 21.2. The number of hydrogen-bond donors (Lipinski definition) is 2. The molecule has 0 aliphatic heterocycles. The first-order valence-electron chi connectivity index (χ1n) is 12.0. The van der Waals surface area contributed by atoms with E-state index in [4.69, 9.17) is 9.47 Å². The lowest BCUT2D eigenvalue weighted by atomic mass is 10.0. The molecule has 3 rings (SSSR count). The molecule has 188 valence electrons. The molecule has 2 amide bonds. The quantitative estimate of drug-likeness (QED) is 0.291. The van der Waals surface area contributed by atoms with Crippen LogP contribution in [0, 0.1) is 20.8 Å². The Bertz CT molecular complexity index is 1170. The van der Waals surface area contributed by atoms with Gasteiger partial charge in [0, 0.05) is 0 Å². The van der Waals surface area contributed by atoms with Gasteiger partial charge in [-0.2, -0.15) is 5.10 Å². The largest absolute Gasteiger partial charge is 0.489 e. The topological polar surface area (TPSA) is 89.0 Å². The van der Waals surface area contributed by atoms with Gasteiger partial charge in [0.15, 0.2) is 0 Å². The number of nitrogens with zero attached hydrogens (tertiary/aromatic N) is 1. The molecule has 1 atom stereocenters. The van der Waals surface area contributed by atoms with Crippen molar-refractivity contribution in [1.82, 2.24) is 10.7 Å². The summed E-state index contributed by atoms with van der Waals surface area (Å²) in [5.74, 6) is 0.423. The van der Waals surface area contributed by atoms with Crippen LogP contribution >= 0.6 is 0 Å². The zero-order chi connectivity index (χ0) is 25.9. The number of carbonyl (C=O) groups excluding carboxylic acids is 2. The SMILES string of the molecule is CCOC(=O)N[C@@H](CC(=O)N/N=C\c1ccc(OCc2c(C)cc(C)cc2C)cc1)c1ccccc1. The molecule has 0 aromatic heterocycles. The summed E-state index contributed by atoms with van der Waals surface area (Å²) in [6, 6.07) is 20.5. The van der Waals surface area contributed by atoms with E-state index in [1.807, 2.05) is 54.6 Å². The van der Waals surface area contributed by atoms with Crippen LogP contribution in [0.1, 0.15) is 52.8 Å². The molecular formula is C29H33N3O4. The Morgan fingerprint density at radius 2 is 1.64 bits per heavy atom. The van der Waals surface area contributed by atoms with Crippen LogP contribution < -0.4 is 15.5 Å². The molecule has 0 bridgehead atoms. The summed E-state index contributed by atoms with van der Waals surface area (Å²) in [5.41, 5.74) is 9.02. The van der Waals surface area contributed by atoms with Gasteiger partial charge in [-0.15, -0.1) is 0 Å². The molecule has 36 heavy (non-hydrogen) atoms. The van der Waals surface area contributed by atoms with Gasteiger partial charge >= 0.3 is 6.09 Å².